The van der Waals surface area contributed by atoms with E-state index in [2.05, 4.69) is 10.3 Å². The van der Waals surface area contributed by atoms with Gasteiger partial charge in [0, 0.05) is 11.8 Å². The summed E-state index contributed by atoms with van der Waals surface area (Å²) >= 11 is 5.88. The van der Waals surface area contributed by atoms with Crippen molar-refractivity contribution in [1.82, 2.24) is 10.3 Å². The lowest BCUT2D eigenvalue weighted by molar-refractivity contribution is 0.0931. The largest absolute Gasteiger partial charge is 0.486 e. The van der Waals surface area contributed by atoms with Crippen molar-refractivity contribution in [2.24, 2.45) is 5.92 Å². The van der Waals surface area contributed by atoms with Crippen molar-refractivity contribution < 1.29 is 14.3 Å². The molecule has 0 spiro atoms. The molecule has 1 aromatic carbocycles. The highest BCUT2D eigenvalue weighted by atomic mass is 35.5. The summed E-state index contributed by atoms with van der Waals surface area (Å²) in [5, 5.41) is 3.43. The van der Waals surface area contributed by atoms with Gasteiger partial charge in [-0.25, -0.2) is 4.98 Å². The molecule has 1 aliphatic carbocycles. The summed E-state index contributed by atoms with van der Waals surface area (Å²) in [6.45, 7) is 1.12. The summed E-state index contributed by atoms with van der Waals surface area (Å²) in [6.07, 6.45) is 3.75. The average Bonchev–Trinajstić information content (AvgIpc) is 3.44. The fraction of sp³-hybridized carbons (Fsp3) is 0.333. The Morgan fingerprint density at radius 3 is 2.71 bits per heavy atom. The van der Waals surface area contributed by atoms with Crippen molar-refractivity contribution in [2.75, 3.05) is 13.2 Å². The first kappa shape index (κ1) is 15.3. The highest BCUT2D eigenvalue weighted by molar-refractivity contribution is 6.29. The Labute approximate surface area is 144 Å². The number of ether oxygens (including phenoxy) is 2. The minimum absolute atomic E-state index is 0.0414. The van der Waals surface area contributed by atoms with E-state index in [0.29, 0.717) is 29.8 Å². The minimum atomic E-state index is -0.147. The molecule has 0 bridgehead atoms. The van der Waals surface area contributed by atoms with Crippen LogP contribution in [0.15, 0.2) is 36.5 Å². The van der Waals surface area contributed by atoms with E-state index < -0.39 is 0 Å². The van der Waals surface area contributed by atoms with Crippen molar-refractivity contribution in [3.63, 3.8) is 0 Å². The summed E-state index contributed by atoms with van der Waals surface area (Å²) in [7, 11) is 0. The van der Waals surface area contributed by atoms with Crippen molar-refractivity contribution in [2.45, 2.75) is 18.9 Å². The van der Waals surface area contributed by atoms with E-state index in [9.17, 15) is 4.79 Å². The van der Waals surface area contributed by atoms with Crippen LogP contribution in [0.5, 0.6) is 11.5 Å². The van der Waals surface area contributed by atoms with Crippen molar-refractivity contribution in [1.29, 1.82) is 0 Å². The standard InChI is InChI=1S/C18H17ClN2O3/c19-16-10-13(5-6-20-16)18(22)21-17(11-1-2-11)12-3-4-14-15(9-12)24-8-7-23-14/h3-6,9-11,17H,1-2,7-8H2,(H,21,22). The van der Waals surface area contributed by atoms with Crippen LogP contribution in [0.3, 0.4) is 0 Å². The Kier molecular flexibility index (Phi) is 4.02. The van der Waals surface area contributed by atoms with Crippen LogP contribution in [0.1, 0.15) is 34.8 Å². The number of carbonyl (C=O) groups excluding carboxylic acids is 1. The van der Waals surface area contributed by atoms with Crippen LogP contribution in [0.2, 0.25) is 5.15 Å². The lowest BCUT2D eigenvalue weighted by Gasteiger charge is -2.23. The molecule has 1 atom stereocenters. The molecule has 4 rings (SSSR count). The zero-order valence-corrected chi connectivity index (χ0v) is 13.8. The van der Waals surface area contributed by atoms with Crippen LogP contribution in [0, 0.1) is 5.92 Å². The van der Waals surface area contributed by atoms with Crippen LogP contribution >= 0.6 is 11.6 Å². The van der Waals surface area contributed by atoms with Gasteiger partial charge < -0.3 is 14.8 Å². The van der Waals surface area contributed by atoms with E-state index in [1.165, 1.54) is 6.20 Å². The Balaban J connectivity index is 1.57. The molecular formula is C18H17ClN2O3. The molecule has 1 saturated carbocycles. The zero-order valence-electron chi connectivity index (χ0n) is 13.0. The molecule has 0 radical (unpaired) electrons. The highest BCUT2D eigenvalue weighted by Crippen LogP contribution is 2.43. The van der Waals surface area contributed by atoms with Gasteiger partial charge in [-0.2, -0.15) is 0 Å². The molecule has 1 aliphatic heterocycles. The SMILES string of the molecule is O=C(NC(c1ccc2c(c1)OCCO2)C1CC1)c1ccnc(Cl)c1. The van der Waals surface area contributed by atoms with Crippen molar-refractivity contribution in [3.8, 4) is 11.5 Å². The number of halogens is 1. The second-order valence-electron chi connectivity index (χ2n) is 6.06. The summed E-state index contributed by atoms with van der Waals surface area (Å²) in [5.41, 5.74) is 1.55. The highest BCUT2D eigenvalue weighted by Gasteiger charge is 2.34. The fourth-order valence-corrected chi connectivity index (χ4v) is 3.10. The minimum Gasteiger partial charge on any atom is -0.486 e. The maximum absolute atomic E-state index is 12.5. The number of nitrogens with one attached hydrogen (secondary N) is 1. The van der Waals surface area contributed by atoms with Gasteiger partial charge in [-0.1, -0.05) is 17.7 Å². The molecule has 2 aliphatic rings. The molecule has 1 N–H and O–H groups in total. The molecule has 124 valence electrons. The van der Waals surface area contributed by atoms with Crippen molar-refractivity contribution in [3.05, 3.63) is 52.8 Å². The Bertz CT molecular complexity index is 777. The van der Waals surface area contributed by atoms with Crippen LogP contribution in [-0.2, 0) is 0 Å². The van der Waals surface area contributed by atoms with Gasteiger partial charge >= 0.3 is 0 Å². The van der Waals surface area contributed by atoms with Gasteiger partial charge in [0.2, 0.25) is 0 Å². The average molecular weight is 345 g/mol. The number of rotatable bonds is 4. The maximum Gasteiger partial charge on any atom is 0.251 e. The molecule has 6 heteroatoms. The second kappa shape index (κ2) is 6.32. The maximum atomic E-state index is 12.5. The number of carbonyl (C=O) groups is 1. The first-order valence-electron chi connectivity index (χ1n) is 8.03. The molecule has 2 aromatic rings. The van der Waals surface area contributed by atoms with Crippen LogP contribution in [0.25, 0.3) is 0 Å². The monoisotopic (exact) mass is 344 g/mol. The predicted molar refractivity (Wildman–Crippen MR) is 89.6 cm³/mol. The van der Waals surface area contributed by atoms with E-state index in [4.69, 9.17) is 21.1 Å². The van der Waals surface area contributed by atoms with Crippen LogP contribution in [0.4, 0.5) is 0 Å². The first-order chi connectivity index (χ1) is 11.7. The number of amides is 1. The molecule has 0 saturated heterocycles. The number of pyridine rings is 1. The van der Waals surface area contributed by atoms with Gasteiger partial charge in [0.15, 0.2) is 11.5 Å². The van der Waals surface area contributed by atoms with E-state index in [1.807, 2.05) is 18.2 Å². The first-order valence-corrected chi connectivity index (χ1v) is 8.40. The van der Waals surface area contributed by atoms with Gasteiger partial charge in [-0.05, 0) is 48.6 Å². The lowest BCUT2D eigenvalue weighted by Crippen LogP contribution is -2.30. The van der Waals surface area contributed by atoms with Gasteiger partial charge in [0.1, 0.15) is 18.4 Å². The van der Waals surface area contributed by atoms with Crippen LogP contribution < -0.4 is 14.8 Å². The van der Waals surface area contributed by atoms with Crippen LogP contribution in [-0.4, -0.2) is 24.1 Å². The zero-order chi connectivity index (χ0) is 16.5. The lowest BCUT2D eigenvalue weighted by atomic mass is 10.0. The second-order valence-corrected chi connectivity index (χ2v) is 6.45. The van der Waals surface area contributed by atoms with Gasteiger partial charge in [0.05, 0.1) is 6.04 Å². The van der Waals surface area contributed by atoms with Gasteiger partial charge in [0.25, 0.3) is 5.91 Å². The molecule has 1 unspecified atom stereocenters. The number of nitrogens with zero attached hydrogens (tertiary/aromatic N) is 1. The number of aromatic nitrogens is 1. The summed E-state index contributed by atoms with van der Waals surface area (Å²) in [5.74, 6) is 1.80. The quantitative estimate of drug-likeness (QED) is 0.864. The van der Waals surface area contributed by atoms with E-state index in [-0.39, 0.29) is 11.9 Å². The molecule has 5 nitrogen and oxygen atoms in total. The smallest absolute Gasteiger partial charge is 0.251 e. The Hall–Kier alpha value is -2.27. The van der Waals surface area contributed by atoms with Gasteiger partial charge in [-0.15, -0.1) is 0 Å². The Morgan fingerprint density at radius 1 is 1.17 bits per heavy atom. The van der Waals surface area contributed by atoms with Crippen molar-refractivity contribution >= 4 is 17.5 Å². The van der Waals surface area contributed by atoms with Gasteiger partial charge in [-0.3, -0.25) is 4.79 Å². The Morgan fingerprint density at radius 2 is 1.96 bits per heavy atom. The third-order valence-corrected chi connectivity index (χ3v) is 4.50. The third kappa shape index (κ3) is 3.17. The number of hydrogen-bond donors (Lipinski definition) is 1. The molecule has 1 amide bonds. The van der Waals surface area contributed by atoms with E-state index >= 15 is 0 Å². The summed E-state index contributed by atoms with van der Waals surface area (Å²) in [6, 6.07) is 9.07. The summed E-state index contributed by atoms with van der Waals surface area (Å²) in [4.78, 5) is 16.5. The predicted octanol–water partition coefficient (Wildman–Crippen LogP) is 3.39. The third-order valence-electron chi connectivity index (χ3n) is 4.29. The number of hydrogen-bond acceptors (Lipinski definition) is 4. The molecular weight excluding hydrogens is 328 g/mol. The number of benzene rings is 1. The van der Waals surface area contributed by atoms with E-state index in [0.717, 1.165) is 29.9 Å². The normalized spacial score (nSPS) is 17.2. The fourth-order valence-electron chi connectivity index (χ4n) is 2.92. The topological polar surface area (TPSA) is 60.5 Å². The van der Waals surface area contributed by atoms with E-state index in [1.54, 1.807) is 12.1 Å². The molecule has 24 heavy (non-hydrogen) atoms. The molecule has 2 heterocycles. The summed E-state index contributed by atoms with van der Waals surface area (Å²) < 4.78 is 11.2. The number of fused-ring (bicyclic) bond motifs is 1. The molecule has 1 aromatic heterocycles. The molecule has 1 fully saturated rings.